The number of nitro groups is 1. The maximum Gasteiger partial charge on any atom is 0.315 e. The molecule has 2 atom stereocenters. The van der Waals surface area contributed by atoms with E-state index in [0.29, 0.717) is 23.8 Å². The van der Waals surface area contributed by atoms with E-state index in [4.69, 9.17) is 4.74 Å². The van der Waals surface area contributed by atoms with Gasteiger partial charge in [0.25, 0.3) is 0 Å². The third-order valence-corrected chi connectivity index (χ3v) is 3.64. The molecule has 1 aromatic rings. The predicted molar refractivity (Wildman–Crippen MR) is 79.3 cm³/mol. The third kappa shape index (κ3) is 3.19. The van der Waals surface area contributed by atoms with Crippen LogP contribution in [0.2, 0.25) is 0 Å². The van der Waals surface area contributed by atoms with Crippen LogP contribution >= 0.6 is 0 Å². The number of anilines is 2. The summed E-state index contributed by atoms with van der Waals surface area (Å²) < 4.78 is 5.37. The number of nitrogens with zero attached hydrogens (tertiary/aromatic N) is 1. The van der Waals surface area contributed by atoms with E-state index in [1.165, 1.54) is 0 Å². The van der Waals surface area contributed by atoms with Crippen molar-refractivity contribution in [1.82, 2.24) is 0 Å². The average Bonchev–Trinajstić information content (AvgIpc) is 2.92. The summed E-state index contributed by atoms with van der Waals surface area (Å²) in [5.74, 6) is 0.400. The van der Waals surface area contributed by atoms with E-state index in [2.05, 4.69) is 10.6 Å². The van der Waals surface area contributed by atoms with Crippen molar-refractivity contribution in [3.63, 3.8) is 0 Å². The normalized spacial score (nSPS) is 19.6. The van der Waals surface area contributed by atoms with Crippen LogP contribution in [0, 0.1) is 16.0 Å². The van der Waals surface area contributed by atoms with Crippen LogP contribution < -0.4 is 10.6 Å². The largest absolute Gasteiger partial charge is 0.381 e. The molecule has 1 aliphatic rings. The van der Waals surface area contributed by atoms with Gasteiger partial charge in [-0.15, -0.1) is 0 Å². The molecule has 0 bridgehead atoms. The highest BCUT2D eigenvalue weighted by atomic mass is 16.6. The van der Waals surface area contributed by atoms with Crippen molar-refractivity contribution in [1.29, 1.82) is 0 Å². The topological polar surface area (TPSA) is 76.4 Å². The molecule has 1 aromatic carbocycles. The van der Waals surface area contributed by atoms with Gasteiger partial charge < -0.3 is 15.4 Å². The van der Waals surface area contributed by atoms with Crippen molar-refractivity contribution in [3.8, 4) is 0 Å². The molecular formula is C14H21N3O3. The van der Waals surface area contributed by atoms with Crippen LogP contribution in [0.5, 0.6) is 0 Å². The van der Waals surface area contributed by atoms with Gasteiger partial charge in [0.1, 0.15) is 11.4 Å². The van der Waals surface area contributed by atoms with Crippen molar-refractivity contribution in [2.75, 3.05) is 30.4 Å². The molecule has 0 aromatic heterocycles. The molecule has 1 fully saturated rings. The van der Waals surface area contributed by atoms with Gasteiger partial charge in [0, 0.05) is 25.1 Å². The molecule has 20 heavy (non-hydrogen) atoms. The zero-order valence-corrected chi connectivity index (χ0v) is 11.9. The van der Waals surface area contributed by atoms with Crippen LogP contribution in [0.3, 0.4) is 0 Å². The molecule has 2 rings (SSSR count). The second-order valence-electron chi connectivity index (χ2n) is 5.05. The van der Waals surface area contributed by atoms with Crippen molar-refractivity contribution < 1.29 is 9.66 Å². The Hall–Kier alpha value is -1.82. The maximum absolute atomic E-state index is 11.3. The molecule has 0 amide bonds. The molecule has 2 unspecified atom stereocenters. The summed E-state index contributed by atoms with van der Waals surface area (Å²) in [5, 5.41) is 17.6. The fraction of sp³-hybridized carbons (Fsp3) is 0.571. The molecule has 0 radical (unpaired) electrons. The van der Waals surface area contributed by atoms with Crippen molar-refractivity contribution in [2.45, 2.75) is 26.3 Å². The first-order chi connectivity index (χ1) is 9.63. The lowest BCUT2D eigenvalue weighted by Gasteiger charge is -2.21. The van der Waals surface area contributed by atoms with Crippen LogP contribution in [-0.4, -0.2) is 30.7 Å². The first-order valence-electron chi connectivity index (χ1n) is 6.99. The van der Waals surface area contributed by atoms with Crippen molar-refractivity contribution in [2.24, 2.45) is 5.92 Å². The van der Waals surface area contributed by atoms with Gasteiger partial charge in [0.05, 0.1) is 11.5 Å². The Bertz CT molecular complexity index is 473. The van der Waals surface area contributed by atoms with E-state index in [1.807, 2.05) is 19.9 Å². The smallest absolute Gasteiger partial charge is 0.315 e. The van der Waals surface area contributed by atoms with Gasteiger partial charge in [-0.25, -0.2) is 0 Å². The zero-order valence-electron chi connectivity index (χ0n) is 11.9. The van der Waals surface area contributed by atoms with E-state index >= 15 is 0 Å². The summed E-state index contributed by atoms with van der Waals surface area (Å²) in [7, 11) is 0. The van der Waals surface area contributed by atoms with E-state index < -0.39 is 0 Å². The Morgan fingerprint density at radius 2 is 2.25 bits per heavy atom. The van der Waals surface area contributed by atoms with E-state index in [9.17, 15) is 10.1 Å². The highest BCUT2D eigenvalue weighted by molar-refractivity contribution is 5.76. The minimum atomic E-state index is -0.335. The molecule has 6 heteroatoms. The minimum Gasteiger partial charge on any atom is -0.381 e. The third-order valence-electron chi connectivity index (χ3n) is 3.64. The fourth-order valence-electron chi connectivity index (χ4n) is 2.50. The zero-order chi connectivity index (χ0) is 14.5. The molecule has 0 saturated carbocycles. The lowest BCUT2D eigenvalue weighted by atomic mass is 10.0. The molecule has 110 valence electrons. The number of ether oxygens (including phenoxy) is 1. The molecule has 0 spiro atoms. The second kappa shape index (κ2) is 6.56. The first-order valence-corrected chi connectivity index (χ1v) is 6.99. The lowest BCUT2D eigenvalue weighted by Crippen LogP contribution is -2.26. The molecule has 1 aliphatic heterocycles. The Morgan fingerprint density at radius 1 is 1.50 bits per heavy atom. The highest BCUT2D eigenvalue weighted by Crippen LogP contribution is 2.34. The maximum atomic E-state index is 11.3. The first kappa shape index (κ1) is 14.6. The Morgan fingerprint density at radius 3 is 2.85 bits per heavy atom. The summed E-state index contributed by atoms with van der Waals surface area (Å²) in [4.78, 5) is 11.0. The van der Waals surface area contributed by atoms with Crippen LogP contribution in [0.15, 0.2) is 18.2 Å². The quantitative estimate of drug-likeness (QED) is 0.618. The summed E-state index contributed by atoms with van der Waals surface area (Å²) >= 11 is 0. The van der Waals surface area contributed by atoms with Crippen LogP contribution in [0.4, 0.5) is 17.1 Å². The molecule has 1 heterocycles. The fourth-order valence-corrected chi connectivity index (χ4v) is 2.50. The second-order valence-corrected chi connectivity index (χ2v) is 5.05. The van der Waals surface area contributed by atoms with Gasteiger partial charge in [0.15, 0.2) is 0 Å². The number of para-hydroxylation sites is 1. The molecule has 0 aliphatic carbocycles. The molecule has 2 N–H and O–H groups in total. The van der Waals surface area contributed by atoms with E-state index in [-0.39, 0.29) is 16.7 Å². The summed E-state index contributed by atoms with van der Waals surface area (Å²) in [6.07, 6.45) is 0.995. The average molecular weight is 279 g/mol. The number of nitrogens with one attached hydrogen (secondary N) is 2. The van der Waals surface area contributed by atoms with Gasteiger partial charge in [-0.05, 0) is 32.4 Å². The van der Waals surface area contributed by atoms with Gasteiger partial charge in [-0.3, -0.25) is 10.1 Å². The lowest BCUT2D eigenvalue weighted by molar-refractivity contribution is -0.383. The molecular weight excluding hydrogens is 258 g/mol. The van der Waals surface area contributed by atoms with Crippen molar-refractivity contribution in [3.05, 3.63) is 28.3 Å². The SMILES string of the molecule is CCNc1cccc(NC(C)C2CCOC2)c1[N+](=O)[O-]. The number of hydrogen-bond acceptors (Lipinski definition) is 5. The monoisotopic (exact) mass is 279 g/mol. The Balaban J connectivity index is 2.21. The number of hydrogen-bond donors (Lipinski definition) is 2. The molecule has 1 saturated heterocycles. The summed E-state index contributed by atoms with van der Waals surface area (Å²) in [5.41, 5.74) is 1.23. The van der Waals surface area contributed by atoms with Crippen molar-refractivity contribution >= 4 is 17.1 Å². The Kier molecular flexibility index (Phi) is 4.79. The summed E-state index contributed by atoms with van der Waals surface area (Å²) in [6.45, 7) is 6.10. The number of nitro benzene ring substituents is 1. The predicted octanol–water partition coefficient (Wildman–Crippen LogP) is 2.86. The van der Waals surface area contributed by atoms with Gasteiger partial charge in [-0.1, -0.05) is 6.07 Å². The standard InChI is InChI=1S/C14H21N3O3/c1-3-15-12-5-4-6-13(14(12)17(18)19)16-10(2)11-7-8-20-9-11/h4-6,10-11,15-16H,3,7-9H2,1-2H3. The molecule has 6 nitrogen and oxygen atoms in total. The highest BCUT2D eigenvalue weighted by Gasteiger charge is 2.25. The van der Waals surface area contributed by atoms with Crippen LogP contribution in [-0.2, 0) is 4.74 Å². The van der Waals surface area contributed by atoms with Crippen LogP contribution in [0.25, 0.3) is 0 Å². The Labute approximate surface area is 118 Å². The summed E-state index contributed by atoms with van der Waals surface area (Å²) in [6, 6.07) is 5.46. The van der Waals surface area contributed by atoms with Gasteiger partial charge in [0.2, 0.25) is 0 Å². The minimum absolute atomic E-state index is 0.111. The van der Waals surface area contributed by atoms with E-state index in [0.717, 1.165) is 19.6 Å². The van der Waals surface area contributed by atoms with Gasteiger partial charge in [-0.2, -0.15) is 0 Å². The number of benzene rings is 1. The number of rotatable bonds is 6. The van der Waals surface area contributed by atoms with E-state index in [1.54, 1.807) is 12.1 Å². The van der Waals surface area contributed by atoms with Crippen LogP contribution in [0.1, 0.15) is 20.3 Å². The van der Waals surface area contributed by atoms with Gasteiger partial charge >= 0.3 is 5.69 Å².